The fourth-order valence-corrected chi connectivity index (χ4v) is 0.891. The first-order valence-electron chi connectivity index (χ1n) is 4.18. The summed E-state index contributed by atoms with van der Waals surface area (Å²) in [7, 11) is 1.66. The second kappa shape index (κ2) is 4.86. The van der Waals surface area contributed by atoms with Gasteiger partial charge in [-0.25, -0.2) is 0 Å². The average molecular weight is 167 g/mol. The van der Waals surface area contributed by atoms with Crippen LogP contribution in [-0.2, 0) is 4.79 Å². The number of carbonyl (C=O) groups is 1. The van der Waals surface area contributed by atoms with Gasteiger partial charge in [0, 0.05) is 13.0 Å². The third-order valence-corrected chi connectivity index (χ3v) is 1.79. The Morgan fingerprint density at radius 2 is 1.92 bits per heavy atom. The van der Waals surface area contributed by atoms with Crippen LogP contribution in [-0.4, -0.2) is 18.5 Å². The van der Waals surface area contributed by atoms with E-state index in [4.69, 9.17) is 0 Å². The monoisotopic (exact) mass is 167 g/mol. The summed E-state index contributed by atoms with van der Waals surface area (Å²) in [6.45, 7) is 7.59. The van der Waals surface area contributed by atoms with E-state index in [0.717, 1.165) is 5.57 Å². The lowest BCUT2D eigenvalue weighted by atomic mass is 9.99. The van der Waals surface area contributed by atoms with Crippen LogP contribution >= 0.6 is 0 Å². The van der Waals surface area contributed by atoms with Gasteiger partial charge in [0.1, 0.15) is 5.71 Å². The molecule has 0 fully saturated rings. The molecule has 0 saturated carbocycles. The van der Waals surface area contributed by atoms with Crippen LogP contribution in [0.1, 0.15) is 27.7 Å². The topological polar surface area (TPSA) is 29.4 Å². The van der Waals surface area contributed by atoms with Crippen LogP contribution in [0.25, 0.3) is 0 Å². The Kier molecular flexibility index (Phi) is 4.49. The molecular weight excluding hydrogens is 150 g/mol. The van der Waals surface area contributed by atoms with E-state index in [9.17, 15) is 4.79 Å². The Bertz CT molecular complexity index is 224. The van der Waals surface area contributed by atoms with Crippen molar-refractivity contribution in [3.63, 3.8) is 0 Å². The molecule has 2 nitrogen and oxygen atoms in total. The zero-order chi connectivity index (χ0) is 9.72. The highest BCUT2D eigenvalue weighted by Gasteiger charge is 2.15. The summed E-state index contributed by atoms with van der Waals surface area (Å²) >= 11 is 0. The largest absolute Gasteiger partial charge is 0.292 e. The van der Waals surface area contributed by atoms with Crippen LogP contribution in [0.2, 0.25) is 0 Å². The van der Waals surface area contributed by atoms with Gasteiger partial charge in [-0.2, -0.15) is 0 Å². The lowest BCUT2D eigenvalue weighted by molar-refractivity contribution is -0.115. The lowest BCUT2D eigenvalue weighted by Crippen LogP contribution is -2.20. The van der Waals surface area contributed by atoms with Crippen molar-refractivity contribution in [3.8, 4) is 0 Å². The number of hydrogen-bond acceptors (Lipinski definition) is 2. The molecule has 68 valence electrons. The number of carbonyl (C=O) groups excluding carboxylic acids is 1. The summed E-state index contributed by atoms with van der Waals surface area (Å²) in [5.74, 6) is 0.145. The molecule has 0 aliphatic heterocycles. The van der Waals surface area contributed by atoms with E-state index in [-0.39, 0.29) is 11.7 Å². The molecule has 0 amide bonds. The molecular formula is C10H17NO. The van der Waals surface area contributed by atoms with E-state index in [1.165, 1.54) is 0 Å². The smallest absolute Gasteiger partial charge is 0.183 e. The van der Waals surface area contributed by atoms with Gasteiger partial charge in [0.05, 0.1) is 0 Å². The SMILES string of the molecule is C/C=C(/C)C(=NC)C(=O)C(C)C. The molecule has 0 bridgehead atoms. The number of aliphatic imine (C=N–C) groups is 1. The Morgan fingerprint density at radius 3 is 2.17 bits per heavy atom. The number of rotatable bonds is 3. The maximum atomic E-state index is 11.5. The van der Waals surface area contributed by atoms with Crippen molar-refractivity contribution >= 4 is 11.5 Å². The predicted molar refractivity (Wildman–Crippen MR) is 52.6 cm³/mol. The van der Waals surface area contributed by atoms with E-state index in [1.54, 1.807) is 7.05 Å². The number of ketones is 1. The van der Waals surface area contributed by atoms with Gasteiger partial charge >= 0.3 is 0 Å². The third-order valence-electron chi connectivity index (χ3n) is 1.79. The molecule has 0 atom stereocenters. The van der Waals surface area contributed by atoms with Crippen molar-refractivity contribution < 1.29 is 4.79 Å². The quantitative estimate of drug-likeness (QED) is 0.593. The van der Waals surface area contributed by atoms with Crippen LogP contribution in [0.15, 0.2) is 16.6 Å². The van der Waals surface area contributed by atoms with E-state index < -0.39 is 0 Å². The molecule has 0 heterocycles. The zero-order valence-corrected chi connectivity index (χ0v) is 8.51. The lowest BCUT2D eigenvalue weighted by Gasteiger charge is -2.06. The molecule has 0 aliphatic rings. The molecule has 0 N–H and O–H groups in total. The summed E-state index contributed by atoms with van der Waals surface area (Å²) in [4.78, 5) is 15.5. The van der Waals surface area contributed by atoms with Gasteiger partial charge in [0.25, 0.3) is 0 Å². The second-order valence-corrected chi connectivity index (χ2v) is 3.06. The second-order valence-electron chi connectivity index (χ2n) is 3.06. The van der Waals surface area contributed by atoms with Crippen molar-refractivity contribution in [2.24, 2.45) is 10.9 Å². The van der Waals surface area contributed by atoms with E-state index in [2.05, 4.69) is 4.99 Å². The first-order chi connectivity index (χ1) is 5.54. The van der Waals surface area contributed by atoms with Crippen LogP contribution in [0, 0.1) is 5.92 Å². The molecule has 0 rings (SSSR count). The summed E-state index contributed by atoms with van der Waals surface area (Å²) in [5.41, 5.74) is 1.56. The highest BCUT2D eigenvalue weighted by Crippen LogP contribution is 2.04. The van der Waals surface area contributed by atoms with Gasteiger partial charge in [0.2, 0.25) is 0 Å². The summed E-state index contributed by atoms with van der Waals surface area (Å²) in [6, 6.07) is 0. The van der Waals surface area contributed by atoms with Gasteiger partial charge in [-0.1, -0.05) is 19.9 Å². The first-order valence-corrected chi connectivity index (χ1v) is 4.18. The van der Waals surface area contributed by atoms with E-state index in [1.807, 2.05) is 33.8 Å². The van der Waals surface area contributed by atoms with Gasteiger partial charge in [-0.15, -0.1) is 0 Å². The summed E-state index contributed by atoms with van der Waals surface area (Å²) in [5, 5.41) is 0. The Labute approximate surface area is 74.4 Å². The molecule has 0 aromatic heterocycles. The first kappa shape index (κ1) is 11.1. The molecule has 0 saturated heterocycles. The maximum absolute atomic E-state index is 11.5. The van der Waals surface area contributed by atoms with Gasteiger partial charge < -0.3 is 0 Å². The number of allylic oxidation sites excluding steroid dienone is 2. The number of nitrogens with zero attached hydrogens (tertiary/aromatic N) is 1. The van der Waals surface area contributed by atoms with Crippen LogP contribution in [0.4, 0.5) is 0 Å². The number of hydrogen-bond donors (Lipinski definition) is 0. The van der Waals surface area contributed by atoms with Gasteiger partial charge in [-0.3, -0.25) is 9.79 Å². The molecule has 0 unspecified atom stereocenters. The molecule has 2 heteroatoms. The summed E-state index contributed by atoms with van der Waals surface area (Å²) < 4.78 is 0. The highest BCUT2D eigenvalue weighted by atomic mass is 16.1. The van der Waals surface area contributed by atoms with Crippen LogP contribution < -0.4 is 0 Å². The minimum Gasteiger partial charge on any atom is -0.292 e. The van der Waals surface area contributed by atoms with Crippen LogP contribution in [0.5, 0.6) is 0 Å². The number of Topliss-reactive ketones (excluding diaryl/α,β-unsaturated/α-hetero) is 1. The minimum atomic E-state index is 0.0265. The fraction of sp³-hybridized carbons (Fsp3) is 0.600. The average Bonchev–Trinajstić information content (AvgIpc) is 2.05. The molecule has 0 aromatic rings. The van der Waals surface area contributed by atoms with Crippen molar-refractivity contribution in [3.05, 3.63) is 11.6 Å². The predicted octanol–water partition coefficient (Wildman–Crippen LogP) is 2.25. The van der Waals surface area contributed by atoms with Crippen molar-refractivity contribution in [2.45, 2.75) is 27.7 Å². The Balaban J connectivity index is 4.72. The van der Waals surface area contributed by atoms with Crippen LogP contribution in [0.3, 0.4) is 0 Å². The Hall–Kier alpha value is -0.920. The Morgan fingerprint density at radius 1 is 1.42 bits per heavy atom. The highest BCUT2D eigenvalue weighted by molar-refractivity contribution is 6.46. The zero-order valence-electron chi connectivity index (χ0n) is 8.51. The fourth-order valence-electron chi connectivity index (χ4n) is 0.891. The minimum absolute atomic E-state index is 0.0265. The maximum Gasteiger partial charge on any atom is 0.183 e. The van der Waals surface area contributed by atoms with Crippen molar-refractivity contribution in [1.82, 2.24) is 0 Å². The van der Waals surface area contributed by atoms with E-state index in [0.29, 0.717) is 5.71 Å². The third kappa shape index (κ3) is 2.61. The van der Waals surface area contributed by atoms with Gasteiger partial charge in [-0.05, 0) is 19.4 Å². The normalized spacial score (nSPS) is 13.8. The van der Waals surface area contributed by atoms with Crippen molar-refractivity contribution in [1.29, 1.82) is 0 Å². The molecule has 0 aromatic carbocycles. The van der Waals surface area contributed by atoms with Gasteiger partial charge in [0.15, 0.2) is 5.78 Å². The molecule has 0 aliphatic carbocycles. The molecule has 0 spiro atoms. The molecule has 12 heavy (non-hydrogen) atoms. The van der Waals surface area contributed by atoms with E-state index >= 15 is 0 Å². The standard InChI is InChI=1S/C10H17NO/c1-6-8(4)9(11-5)10(12)7(2)3/h6-7H,1-5H3/b8-6-,11-9?. The molecule has 0 radical (unpaired) electrons. The van der Waals surface area contributed by atoms with Crippen molar-refractivity contribution in [2.75, 3.05) is 7.05 Å². The summed E-state index contributed by atoms with van der Waals surface area (Å²) in [6.07, 6.45) is 1.91.